The smallest absolute Gasteiger partial charge is 0.269 e. The lowest BCUT2D eigenvalue weighted by Crippen LogP contribution is -2.42. The number of hydrogen-bond donors (Lipinski definition) is 0. The SMILES string of the molecule is CC(CCN1C(=O)c2ccccc2S1(=O)=O)=C(C#N)C1CC(C)=C(C#N)C23CC=CC=C2C(=O)N1C3=O. The molecule has 3 amide bonds. The standard InChI is InChI=1S/C27H22N4O5S/c1-16(10-12-30-24(32)18-7-3-4-9-23(18)37(30,35)36)19(14-28)22-13-17(2)21(15-29)27-11-6-5-8-20(27)25(33)31(22)26(27)34/h3-9,22H,10-13H2,1-2H3. The maximum absolute atomic E-state index is 13.7. The van der Waals surface area contributed by atoms with Gasteiger partial charge in [0.2, 0.25) is 5.91 Å². The van der Waals surface area contributed by atoms with Crippen molar-refractivity contribution in [1.29, 1.82) is 10.5 Å². The number of carbonyl (C=O) groups is 3. The number of nitriles is 2. The van der Waals surface area contributed by atoms with E-state index in [4.69, 9.17) is 0 Å². The fourth-order valence-corrected chi connectivity index (χ4v) is 7.32. The van der Waals surface area contributed by atoms with Gasteiger partial charge in [0, 0.05) is 17.7 Å². The molecule has 3 heterocycles. The number of allylic oxidation sites excluding steroid dienone is 3. The second-order valence-electron chi connectivity index (χ2n) is 9.52. The summed E-state index contributed by atoms with van der Waals surface area (Å²) < 4.78 is 26.6. The second kappa shape index (κ2) is 8.39. The van der Waals surface area contributed by atoms with E-state index < -0.39 is 39.2 Å². The number of nitrogens with zero attached hydrogens (tertiary/aromatic N) is 4. The summed E-state index contributed by atoms with van der Waals surface area (Å²) in [4.78, 5) is 41.0. The lowest BCUT2D eigenvalue weighted by Gasteiger charge is -2.27. The van der Waals surface area contributed by atoms with E-state index in [1.807, 2.05) is 0 Å². The molecule has 4 aliphatic rings. The number of rotatable bonds is 4. The van der Waals surface area contributed by atoms with Crippen LogP contribution in [0.3, 0.4) is 0 Å². The Hall–Kier alpha value is -4.28. The van der Waals surface area contributed by atoms with E-state index in [1.165, 1.54) is 12.1 Å². The van der Waals surface area contributed by atoms with Crippen LogP contribution in [0.15, 0.2) is 75.3 Å². The van der Waals surface area contributed by atoms with Crippen molar-refractivity contribution in [2.45, 2.75) is 44.0 Å². The van der Waals surface area contributed by atoms with Crippen molar-refractivity contribution in [2.24, 2.45) is 5.41 Å². The van der Waals surface area contributed by atoms with Crippen molar-refractivity contribution in [3.8, 4) is 12.1 Å². The van der Waals surface area contributed by atoms with E-state index in [9.17, 15) is 33.3 Å². The average Bonchev–Trinajstić information content (AvgIpc) is 3.18. The number of hydrogen-bond acceptors (Lipinski definition) is 7. The first-order valence-electron chi connectivity index (χ1n) is 11.7. The highest BCUT2D eigenvalue weighted by atomic mass is 32.2. The molecule has 1 aliphatic carbocycles. The summed E-state index contributed by atoms with van der Waals surface area (Å²) in [6.07, 6.45) is 5.33. The zero-order valence-electron chi connectivity index (χ0n) is 20.2. The molecular formula is C27H22N4O5S. The summed E-state index contributed by atoms with van der Waals surface area (Å²) in [5.74, 6) is -1.70. The van der Waals surface area contributed by atoms with Crippen molar-refractivity contribution in [3.05, 3.63) is 75.9 Å². The van der Waals surface area contributed by atoms with Crippen molar-refractivity contribution in [1.82, 2.24) is 9.21 Å². The average molecular weight is 515 g/mol. The van der Waals surface area contributed by atoms with Crippen molar-refractivity contribution >= 4 is 27.7 Å². The van der Waals surface area contributed by atoms with Gasteiger partial charge in [0.25, 0.3) is 21.8 Å². The first-order chi connectivity index (χ1) is 17.6. The van der Waals surface area contributed by atoms with Gasteiger partial charge in [-0.15, -0.1) is 0 Å². The molecule has 1 spiro atoms. The molecule has 2 bridgehead atoms. The summed E-state index contributed by atoms with van der Waals surface area (Å²) >= 11 is 0. The molecule has 0 saturated carbocycles. The van der Waals surface area contributed by atoms with Gasteiger partial charge in [-0.05, 0) is 45.2 Å². The molecule has 0 N–H and O–H groups in total. The normalized spacial score (nSPS) is 26.2. The first kappa shape index (κ1) is 24.4. The van der Waals surface area contributed by atoms with Crippen LogP contribution in [-0.2, 0) is 19.6 Å². The van der Waals surface area contributed by atoms with Gasteiger partial charge in [-0.1, -0.05) is 41.5 Å². The highest BCUT2D eigenvalue weighted by Crippen LogP contribution is 2.53. The maximum Gasteiger partial charge on any atom is 0.269 e. The Labute approximate surface area is 214 Å². The van der Waals surface area contributed by atoms with Crippen LogP contribution in [0.5, 0.6) is 0 Å². The largest absolute Gasteiger partial charge is 0.273 e. The fraction of sp³-hybridized carbons (Fsp3) is 0.296. The number of carbonyl (C=O) groups excluding carboxylic acids is 3. The number of amides is 3. The third kappa shape index (κ3) is 3.19. The predicted molar refractivity (Wildman–Crippen MR) is 130 cm³/mol. The topological polar surface area (TPSA) is 139 Å². The third-order valence-corrected chi connectivity index (χ3v) is 9.45. The molecule has 10 heteroatoms. The minimum absolute atomic E-state index is 0.0395. The lowest BCUT2D eigenvalue weighted by atomic mass is 9.69. The van der Waals surface area contributed by atoms with Gasteiger partial charge in [0.1, 0.15) is 10.3 Å². The van der Waals surface area contributed by atoms with Crippen LogP contribution in [0.2, 0.25) is 0 Å². The Morgan fingerprint density at radius 1 is 1.16 bits per heavy atom. The molecule has 2 unspecified atom stereocenters. The van der Waals surface area contributed by atoms with Gasteiger partial charge in [0.05, 0.1) is 29.3 Å². The monoisotopic (exact) mass is 514 g/mol. The zero-order chi connectivity index (χ0) is 26.7. The molecule has 186 valence electrons. The summed E-state index contributed by atoms with van der Waals surface area (Å²) in [6, 6.07) is 9.29. The number of sulfonamides is 1. The summed E-state index contributed by atoms with van der Waals surface area (Å²) in [7, 11) is -4.01. The second-order valence-corrected chi connectivity index (χ2v) is 11.4. The van der Waals surface area contributed by atoms with Crippen LogP contribution in [0.1, 0.15) is 43.5 Å². The van der Waals surface area contributed by atoms with E-state index in [1.54, 1.807) is 44.2 Å². The molecule has 1 aromatic carbocycles. The van der Waals surface area contributed by atoms with E-state index >= 15 is 0 Å². The number of benzene rings is 1. The van der Waals surface area contributed by atoms with Crippen molar-refractivity contribution in [2.75, 3.05) is 6.54 Å². The van der Waals surface area contributed by atoms with Crippen molar-refractivity contribution < 1.29 is 22.8 Å². The third-order valence-electron chi connectivity index (χ3n) is 7.61. The molecule has 2 atom stereocenters. The van der Waals surface area contributed by atoms with E-state index in [0.29, 0.717) is 11.1 Å². The fourth-order valence-electron chi connectivity index (χ4n) is 5.75. The molecule has 9 nitrogen and oxygen atoms in total. The molecule has 3 aliphatic heterocycles. The molecule has 1 aromatic rings. The van der Waals surface area contributed by atoms with Crippen LogP contribution in [0, 0.1) is 28.1 Å². The molecule has 1 saturated heterocycles. The van der Waals surface area contributed by atoms with Gasteiger partial charge < -0.3 is 0 Å². The Bertz CT molecular complexity index is 1620. The van der Waals surface area contributed by atoms with Gasteiger partial charge in [-0.2, -0.15) is 10.5 Å². The van der Waals surface area contributed by atoms with Gasteiger partial charge in [0.15, 0.2) is 0 Å². The highest BCUT2D eigenvalue weighted by Gasteiger charge is 2.61. The summed E-state index contributed by atoms with van der Waals surface area (Å²) in [5.41, 5.74) is 0.387. The molecule has 0 radical (unpaired) electrons. The zero-order valence-corrected chi connectivity index (χ0v) is 21.0. The minimum atomic E-state index is -4.01. The first-order valence-corrected chi connectivity index (χ1v) is 13.2. The van der Waals surface area contributed by atoms with Gasteiger partial charge in [-0.25, -0.2) is 12.7 Å². The highest BCUT2D eigenvalue weighted by molar-refractivity contribution is 7.90. The van der Waals surface area contributed by atoms with Crippen LogP contribution in [0.25, 0.3) is 0 Å². The molecule has 37 heavy (non-hydrogen) atoms. The van der Waals surface area contributed by atoms with Gasteiger partial charge in [-0.3, -0.25) is 19.3 Å². The van der Waals surface area contributed by atoms with E-state index in [0.717, 1.165) is 9.21 Å². The Kier molecular flexibility index (Phi) is 5.54. The summed E-state index contributed by atoms with van der Waals surface area (Å²) in [6.45, 7) is 3.16. The number of fused-ring (bicyclic) bond motifs is 2. The van der Waals surface area contributed by atoms with Crippen LogP contribution in [-0.4, -0.2) is 47.9 Å². The molecule has 0 aromatic heterocycles. The predicted octanol–water partition coefficient (Wildman–Crippen LogP) is 2.92. The summed E-state index contributed by atoms with van der Waals surface area (Å²) in [5, 5.41) is 20.1. The van der Waals surface area contributed by atoms with Crippen LogP contribution < -0.4 is 0 Å². The maximum atomic E-state index is 13.7. The van der Waals surface area contributed by atoms with E-state index in [-0.39, 0.29) is 53.0 Å². The lowest BCUT2D eigenvalue weighted by molar-refractivity contribution is -0.141. The molecule has 1 fully saturated rings. The Morgan fingerprint density at radius 2 is 1.89 bits per heavy atom. The van der Waals surface area contributed by atoms with Crippen molar-refractivity contribution in [3.63, 3.8) is 0 Å². The number of imide groups is 1. The Balaban J connectivity index is 1.52. The minimum Gasteiger partial charge on any atom is -0.273 e. The molecule has 5 rings (SSSR count). The van der Waals surface area contributed by atoms with Gasteiger partial charge >= 0.3 is 0 Å². The quantitative estimate of drug-likeness (QED) is 0.444. The van der Waals surface area contributed by atoms with E-state index in [2.05, 4.69) is 12.1 Å². The Morgan fingerprint density at radius 3 is 2.57 bits per heavy atom. The van der Waals surface area contributed by atoms with Crippen LogP contribution >= 0.6 is 0 Å². The molecular weight excluding hydrogens is 492 g/mol. The van der Waals surface area contributed by atoms with Crippen LogP contribution in [0.4, 0.5) is 0 Å².